The molecule has 3 rings (SSSR count). The Morgan fingerprint density at radius 3 is 2.41 bits per heavy atom. The molecule has 0 bridgehead atoms. The van der Waals surface area contributed by atoms with E-state index in [-0.39, 0.29) is 16.7 Å². The van der Waals surface area contributed by atoms with Crippen LogP contribution in [0.1, 0.15) is 19.8 Å². The highest BCUT2D eigenvalue weighted by molar-refractivity contribution is 8.02. The van der Waals surface area contributed by atoms with Gasteiger partial charge >= 0.3 is 0 Å². The third-order valence-corrected chi connectivity index (χ3v) is 5.96. The number of hydrogen-bond donors (Lipinski definition) is 0. The maximum atomic E-state index is 12.4. The van der Waals surface area contributed by atoms with Crippen molar-refractivity contribution < 1.29 is 14.3 Å². The Morgan fingerprint density at radius 2 is 1.86 bits per heavy atom. The number of anilines is 1. The topological polar surface area (TPSA) is 49.9 Å². The number of thioether (sulfide) groups is 1. The number of piperidine rings is 1. The molecule has 1 spiro atoms. The highest BCUT2D eigenvalue weighted by Gasteiger charge is 2.48. The van der Waals surface area contributed by atoms with E-state index in [1.54, 1.807) is 25.8 Å². The molecular weight excluding hydrogens is 300 g/mol. The molecule has 2 aliphatic rings. The average molecular weight is 320 g/mol. The van der Waals surface area contributed by atoms with Gasteiger partial charge < -0.3 is 9.64 Å². The fraction of sp³-hybridized carbons (Fsp3) is 0.500. The van der Waals surface area contributed by atoms with Gasteiger partial charge in [-0.2, -0.15) is 0 Å². The van der Waals surface area contributed by atoms with Crippen LogP contribution < -0.4 is 9.64 Å². The summed E-state index contributed by atoms with van der Waals surface area (Å²) in [4.78, 5) is 27.5. The molecule has 0 aliphatic carbocycles. The fourth-order valence-electron chi connectivity index (χ4n) is 3.20. The van der Waals surface area contributed by atoms with E-state index in [9.17, 15) is 9.59 Å². The van der Waals surface area contributed by atoms with Gasteiger partial charge in [0.1, 0.15) is 5.75 Å². The first kappa shape index (κ1) is 15.2. The number of hydrogen-bond acceptors (Lipinski definition) is 4. The standard InChI is InChI=1S/C16H20N2O3S/c1-12(19)17-9-7-16(8-10-17)18(15(20)11-22-16)13-3-5-14(21-2)6-4-13/h3-6H,7-11H2,1-2H3. The molecule has 6 heteroatoms. The number of carbonyl (C=O) groups is 2. The molecule has 0 atom stereocenters. The van der Waals surface area contributed by atoms with Crippen molar-refractivity contribution in [3.05, 3.63) is 24.3 Å². The summed E-state index contributed by atoms with van der Waals surface area (Å²) >= 11 is 1.71. The SMILES string of the molecule is COc1ccc(N2C(=O)CSC23CCN(C(C)=O)CC3)cc1. The number of rotatable bonds is 2. The lowest BCUT2D eigenvalue weighted by atomic mass is 10.0. The summed E-state index contributed by atoms with van der Waals surface area (Å²) in [6.45, 7) is 3.02. The molecule has 0 radical (unpaired) electrons. The number of ether oxygens (including phenoxy) is 1. The summed E-state index contributed by atoms with van der Waals surface area (Å²) in [5, 5.41) is 0. The van der Waals surface area contributed by atoms with Crippen molar-refractivity contribution in [2.45, 2.75) is 24.6 Å². The predicted octanol–water partition coefficient (Wildman–Crippen LogP) is 2.11. The molecule has 0 aromatic heterocycles. The van der Waals surface area contributed by atoms with Gasteiger partial charge in [0, 0.05) is 25.7 Å². The maximum Gasteiger partial charge on any atom is 0.238 e. The molecule has 2 fully saturated rings. The molecule has 0 saturated carbocycles. The minimum atomic E-state index is -0.211. The minimum Gasteiger partial charge on any atom is -0.497 e. The molecule has 2 amide bonds. The maximum absolute atomic E-state index is 12.4. The number of methoxy groups -OCH3 is 1. The molecule has 1 aromatic carbocycles. The van der Waals surface area contributed by atoms with E-state index in [4.69, 9.17) is 4.74 Å². The molecule has 5 nitrogen and oxygen atoms in total. The van der Waals surface area contributed by atoms with E-state index in [2.05, 4.69) is 0 Å². The minimum absolute atomic E-state index is 0.111. The molecule has 2 heterocycles. The summed E-state index contributed by atoms with van der Waals surface area (Å²) in [6.07, 6.45) is 1.63. The number of benzene rings is 1. The van der Waals surface area contributed by atoms with Crippen LogP contribution in [0, 0.1) is 0 Å². The predicted molar refractivity (Wildman–Crippen MR) is 87.2 cm³/mol. The smallest absolute Gasteiger partial charge is 0.238 e. The summed E-state index contributed by atoms with van der Waals surface area (Å²) in [7, 11) is 1.63. The van der Waals surface area contributed by atoms with Crippen molar-refractivity contribution in [1.29, 1.82) is 0 Å². The van der Waals surface area contributed by atoms with E-state index >= 15 is 0 Å². The zero-order valence-corrected chi connectivity index (χ0v) is 13.7. The lowest BCUT2D eigenvalue weighted by Gasteiger charge is -2.43. The van der Waals surface area contributed by atoms with Crippen LogP contribution in [-0.2, 0) is 9.59 Å². The van der Waals surface area contributed by atoms with Crippen molar-refractivity contribution in [3.8, 4) is 5.75 Å². The van der Waals surface area contributed by atoms with Crippen LogP contribution in [0.5, 0.6) is 5.75 Å². The van der Waals surface area contributed by atoms with Crippen molar-refractivity contribution >= 4 is 29.3 Å². The Bertz CT molecular complexity index is 580. The molecule has 0 N–H and O–H groups in total. The first-order valence-corrected chi connectivity index (χ1v) is 8.41. The molecule has 1 aromatic rings. The summed E-state index contributed by atoms with van der Waals surface area (Å²) in [5.41, 5.74) is 0.909. The van der Waals surface area contributed by atoms with Gasteiger partial charge in [-0.25, -0.2) is 0 Å². The molecule has 2 aliphatic heterocycles. The number of amides is 2. The van der Waals surface area contributed by atoms with Crippen molar-refractivity contribution in [1.82, 2.24) is 4.90 Å². The van der Waals surface area contributed by atoms with Gasteiger partial charge in [0.05, 0.1) is 17.7 Å². The van der Waals surface area contributed by atoms with E-state index in [0.717, 1.165) is 24.3 Å². The van der Waals surface area contributed by atoms with Gasteiger partial charge in [-0.1, -0.05) is 0 Å². The lowest BCUT2D eigenvalue weighted by Crippen LogP contribution is -2.52. The Labute approximate surface area is 134 Å². The van der Waals surface area contributed by atoms with E-state index < -0.39 is 0 Å². The van der Waals surface area contributed by atoms with Gasteiger partial charge in [0.2, 0.25) is 11.8 Å². The van der Waals surface area contributed by atoms with Crippen LogP contribution >= 0.6 is 11.8 Å². The van der Waals surface area contributed by atoms with Gasteiger partial charge in [0.25, 0.3) is 0 Å². The molecule has 22 heavy (non-hydrogen) atoms. The second kappa shape index (κ2) is 5.83. The van der Waals surface area contributed by atoms with Crippen LogP contribution in [0.15, 0.2) is 24.3 Å². The zero-order valence-electron chi connectivity index (χ0n) is 12.9. The van der Waals surface area contributed by atoms with Crippen LogP contribution in [0.3, 0.4) is 0 Å². The largest absolute Gasteiger partial charge is 0.497 e. The van der Waals surface area contributed by atoms with Crippen molar-refractivity contribution in [2.75, 3.05) is 30.9 Å². The molecule has 118 valence electrons. The highest BCUT2D eigenvalue weighted by Crippen LogP contribution is 2.46. The Balaban J connectivity index is 1.84. The Kier molecular flexibility index (Phi) is 4.04. The number of likely N-dealkylation sites (tertiary alicyclic amines) is 1. The number of nitrogens with zero attached hydrogens (tertiary/aromatic N) is 2. The second-order valence-electron chi connectivity index (χ2n) is 5.67. The summed E-state index contributed by atoms with van der Waals surface area (Å²) in [6, 6.07) is 7.62. The quantitative estimate of drug-likeness (QED) is 0.837. The van der Waals surface area contributed by atoms with Gasteiger partial charge in [0.15, 0.2) is 0 Å². The fourth-order valence-corrected chi connectivity index (χ4v) is 4.53. The van der Waals surface area contributed by atoms with Gasteiger partial charge in [-0.3, -0.25) is 14.5 Å². The average Bonchev–Trinajstić information content (AvgIpc) is 2.84. The van der Waals surface area contributed by atoms with Crippen molar-refractivity contribution in [3.63, 3.8) is 0 Å². The van der Waals surface area contributed by atoms with Crippen LogP contribution in [0.25, 0.3) is 0 Å². The van der Waals surface area contributed by atoms with Crippen molar-refractivity contribution in [2.24, 2.45) is 0 Å². The molecule has 0 unspecified atom stereocenters. The third-order valence-electron chi connectivity index (χ3n) is 4.44. The Hall–Kier alpha value is -1.69. The summed E-state index contributed by atoms with van der Waals surface area (Å²) < 4.78 is 5.18. The van der Waals surface area contributed by atoms with E-state index in [0.29, 0.717) is 18.8 Å². The third kappa shape index (κ3) is 2.56. The summed E-state index contributed by atoms with van der Waals surface area (Å²) in [5.74, 6) is 1.54. The van der Waals surface area contributed by atoms with Crippen LogP contribution in [0.2, 0.25) is 0 Å². The second-order valence-corrected chi connectivity index (χ2v) is 7.01. The van der Waals surface area contributed by atoms with E-state index in [1.165, 1.54) is 0 Å². The lowest BCUT2D eigenvalue weighted by molar-refractivity contribution is -0.129. The monoisotopic (exact) mass is 320 g/mol. The number of carbonyl (C=O) groups excluding carboxylic acids is 2. The first-order chi connectivity index (χ1) is 10.6. The van der Waals surface area contributed by atoms with Gasteiger partial charge in [-0.05, 0) is 37.1 Å². The molecular formula is C16H20N2O3S. The van der Waals surface area contributed by atoms with Crippen LogP contribution in [-0.4, -0.2) is 47.5 Å². The molecule has 2 saturated heterocycles. The first-order valence-electron chi connectivity index (χ1n) is 7.42. The van der Waals surface area contributed by atoms with Crippen LogP contribution in [0.4, 0.5) is 5.69 Å². The highest BCUT2D eigenvalue weighted by atomic mass is 32.2. The van der Waals surface area contributed by atoms with E-state index in [1.807, 2.05) is 34.1 Å². The van der Waals surface area contributed by atoms with Gasteiger partial charge in [-0.15, -0.1) is 11.8 Å². The normalized spacial score (nSPS) is 20.5. The Morgan fingerprint density at radius 1 is 1.23 bits per heavy atom. The zero-order chi connectivity index (χ0) is 15.7.